The van der Waals surface area contributed by atoms with Crippen LogP contribution >= 0.6 is 0 Å². The molecule has 0 fully saturated rings. The molecule has 0 saturated heterocycles. The summed E-state index contributed by atoms with van der Waals surface area (Å²) >= 11 is 0. The average molecular weight is 426 g/mol. The number of benzene rings is 2. The molecule has 0 N–H and O–H groups in total. The van der Waals surface area contributed by atoms with E-state index in [9.17, 15) is 0 Å². The standard InChI is InChI=1S/C29H35N3/c1-18(2)24-14-9-12-20(5)28(24)30-22(7)26-16-11-17-27(32-26)23(8)31-29-21(6)13-10-15-25(29)19(3)4/h9-19H,1-8H3/b30-22+,31-23+. The Morgan fingerprint density at radius 2 is 1.00 bits per heavy atom. The first kappa shape index (κ1) is 23.6. The molecule has 0 spiro atoms. The first-order valence-electron chi connectivity index (χ1n) is 11.5. The van der Waals surface area contributed by atoms with E-state index >= 15 is 0 Å². The van der Waals surface area contributed by atoms with E-state index in [2.05, 4.69) is 77.9 Å². The second kappa shape index (κ2) is 10.0. The van der Waals surface area contributed by atoms with Gasteiger partial charge in [-0.1, -0.05) is 70.2 Å². The summed E-state index contributed by atoms with van der Waals surface area (Å²) in [6.45, 7) is 17.1. The summed E-state index contributed by atoms with van der Waals surface area (Å²) in [4.78, 5) is 14.9. The quantitative estimate of drug-likeness (QED) is 0.366. The molecule has 0 atom stereocenters. The first-order valence-corrected chi connectivity index (χ1v) is 11.5. The van der Waals surface area contributed by atoms with Gasteiger partial charge in [0.25, 0.3) is 0 Å². The summed E-state index contributed by atoms with van der Waals surface area (Å²) in [6, 6.07) is 18.9. The second-order valence-corrected chi connectivity index (χ2v) is 9.14. The molecule has 0 amide bonds. The molecule has 166 valence electrons. The Morgan fingerprint density at radius 3 is 1.38 bits per heavy atom. The van der Waals surface area contributed by atoms with Crippen molar-refractivity contribution in [3.63, 3.8) is 0 Å². The fourth-order valence-corrected chi connectivity index (χ4v) is 3.89. The number of para-hydroxylation sites is 2. The van der Waals surface area contributed by atoms with Gasteiger partial charge in [0, 0.05) is 0 Å². The lowest BCUT2D eigenvalue weighted by molar-refractivity contribution is 0.865. The third-order valence-corrected chi connectivity index (χ3v) is 5.83. The number of aromatic nitrogens is 1. The van der Waals surface area contributed by atoms with Crippen LogP contribution in [0.2, 0.25) is 0 Å². The van der Waals surface area contributed by atoms with E-state index in [0.29, 0.717) is 11.8 Å². The number of aryl methyl sites for hydroxylation is 2. The number of aliphatic imine (C=N–C) groups is 2. The van der Waals surface area contributed by atoms with Crippen LogP contribution in [-0.2, 0) is 0 Å². The van der Waals surface area contributed by atoms with E-state index in [1.165, 1.54) is 22.3 Å². The lowest BCUT2D eigenvalue weighted by Gasteiger charge is -2.14. The summed E-state index contributed by atoms with van der Waals surface area (Å²) in [5.74, 6) is 0.832. The maximum atomic E-state index is 5.00. The highest BCUT2D eigenvalue weighted by Gasteiger charge is 2.12. The highest BCUT2D eigenvalue weighted by Crippen LogP contribution is 2.32. The van der Waals surface area contributed by atoms with Crippen molar-refractivity contribution >= 4 is 22.8 Å². The zero-order valence-electron chi connectivity index (χ0n) is 20.7. The Labute approximate surface area is 193 Å². The van der Waals surface area contributed by atoms with Crippen molar-refractivity contribution in [2.75, 3.05) is 0 Å². The van der Waals surface area contributed by atoms with E-state index in [1.807, 2.05) is 32.0 Å². The van der Waals surface area contributed by atoms with Gasteiger partial charge < -0.3 is 0 Å². The number of pyridine rings is 1. The lowest BCUT2D eigenvalue weighted by atomic mass is 9.98. The van der Waals surface area contributed by atoms with E-state index < -0.39 is 0 Å². The molecule has 1 aromatic heterocycles. The number of hydrogen-bond donors (Lipinski definition) is 0. The van der Waals surface area contributed by atoms with Gasteiger partial charge in [-0.15, -0.1) is 0 Å². The van der Waals surface area contributed by atoms with Crippen LogP contribution in [0.1, 0.15) is 87.0 Å². The third-order valence-electron chi connectivity index (χ3n) is 5.83. The zero-order valence-corrected chi connectivity index (χ0v) is 20.7. The largest absolute Gasteiger partial charge is 0.251 e. The van der Waals surface area contributed by atoms with Crippen LogP contribution in [0, 0.1) is 13.8 Å². The van der Waals surface area contributed by atoms with Crippen LogP contribution in [0.5, 0.6) is 0 Å². The number of hydrogen-bond acceptors (Lipinski definition) is 3. The molecule has 32 heavy (non-hydrogen) atoms. The van der Waals surface area contributed by atoms with Crippen LogP contribution in [0.25, 0.3) is 0 Å². The lowest BCUT2D eigenvalue weighted by Crippen LogP contribution is -2.06. The van der Waals surface area contributed by atoms with E-state index in [-0.39, 0.29) is 0 Å². The van der Waals surface area contributed by atoms with Gasteiger partial charge in [-0.3, -0.25) is 9.98 Å². The Morgan fingerprint density at radius 1 is 0.625 bits per heavy atom. The van der Waals surface area contributed by atoms with E-state index in [1.54, 1.807) is 0 Å². The van der Waals surface area contributed by atoms with Gasteiger partial charge in [0.15, 0.2) is 0 Å². The molecule has 0 aliphatic carbocycles. The summed E-state index contributed by atoms with van der Waals surface area (Å²) in [6.07, 6.45) is 0. The van der Waals surface area contributed by atoms with Gasteiger partial charge in [-0.05, 0) is 73.9 Å². The second-order valence-electron chi connectivity index (χ2n) is 9.14. The zero-order chi connectivity index (χ0) is 23.4. The molecule has 0 unspecified atom stereocenters. The fourth-order valence-electron chi connectivity index (χ4n) is 3.89. The minimum Gasteiger partial charge on any atom is -0.251 e. The molecule has 3 aromatic rings. The molecule has 1 heterocycles. The van der Waals surface area contributed by atoms with Gasteiger partial charge in [-0.2, -0.15) is 0 Å². The van der Waals surface area contributed by atoms with Crippen molar-refractivity contribution in [2.45, 2.75) is 67.2 Å². The Kier molecular flexibility index (Phi) is 7.40. The SMILES string of the molecule is C/C(=N\c1c(C)cccc1C(C)C)c1cccc(/C(C)=N/c2c(C)cccc2C(C)C)n1. The molecule has 0 bridgehead atoms. The number of rotatable bonds is 6. The maximum absolute atomic E-state index is 5.00. The van der Waals surface area contributed by atoms with Crippen LogP contribution in [0.15, 0.2) is 64.6 Å². The topological polar surface area (TPSA) is 37.6 Å². The van der Waals surface area contributed by atoms with Gasteiger partial charge in [0.2, 0.25) is 0 Å². The predicted octanol–water partition coefficient (Wildman–Crippen LogP) is 8.23. The van der Waals surface area contributed by atoms with Gasteiger partial charge in [-0.25, -0.2) is 4.98 Å². The highest BCUT2D eigenvalue weighted by atomic mass is 14.8. The summed E-state index contributed by atoms with van der Waals surface area (Å²) < 4.78 is 0. The molecule has 0 aliphatic rings. The summed E-state index contributed by atoms with van der Waals surface area (Å²) in [5, 5.41) is 0. The normalized spacial score (nSPS) is 12.7. The monoisotopic (exact) mass is 425 g/mol. The van der Waals surface area contributed by atoms with Crippen molar-refractivity contribution in [2.24, 2.45) is 9.98 Å². The van der Waals surface area contributed by atoms with Crippen LogP contribution in [-0.4, -0.2) is 16.4 Å². The molecular weight excluding hydrogens is 390 g/mol. The Bertz CT molecular complexity index is 1080. The maximum Gasteiger partial charge on any atom is 0.0849 e. The molecule has 0 saturated carbocycles. The molecule has 0 aliphatic heterocycles. The van der Waals surface area contributed by atoms with Gasteiger partial charge >= 0.3 is 0 Å². The van der Waals surface area contributed by atoms with Crippen molar-refractivity contribution in [3.8, 4) is 0 Å². The van der Waals surface area contributed by atoms with Crippen molar-refractivity contribution in [1.82, 2.24) is 4.98 Å². The molecule has 3 nitrogen and oxygen atoms in total. The third kappa shape index (κ3) is 5.21. The summed E-state index contributed by atoms with van der Waals surface area (Å²) in [7, 11) is 0. The summed E-state index contributed by atoms with van der Waals surface area (Å²) in [5.41, 5.74) is 10.6. The molecule has 3 rings (SSSR count). The van der Waals surface area contributed by atoms with Crippen LogP contribution in [0.3, 0.4) is 0 Å². The molecular formula is C29H35N3. The minimum atomic E-state index is 0.416. The molecule has 0 radical (unpaired) electrons. The molecule has 3 heteroatoms. The average Bonchev–Trinajstić information content (AvgIpc) is 2.76. The van der Waals surface area contributed by atoms with Crippen LogP contribution in [0.4, 0.5) is 11.4 Å². The number of nitrogens with zero attached hydrogens (tertiary/aromatic N) is 3. The fraction of sp³-hybridized carbons (Fsp3) is 0.345. The van der Waals surface area contributed by atoms with Gasteiger partial charge in [0.1, 0.15) is 0 Å². The smallest absolute Gasteiger partial charge is 0.0849 e. The van der Waals surface area contributed by atoms with E-state index in [4.69, 9.17) is 15.0 Å². The first-order chi connectivity index (χ1) is 15.2. The highest BCUT2D eigenvalue weighted by molar-refractivity contribution is 6.02. The van der Waals surface area contributed by atoms with E-state index in [0.717, 1.165) is 34.2 Å². The van der Waals surface area contributed by atoms with Crippen LogP contribution < -0.4 is 0 Å². The Balaban J connectivity index is 2.02. The van der Waals surface area contributed by atoms with Crippen molar-refractivity contribution in [1.29, 1.82) is 0 Å². The Hall–Kier alpha value is -3.07. The van der Waals surface area contributed by atoms with Gasteiger partial charge in [0.05, 0.1) is 34.2 Å². The van der Waals surface area contributed by atoms with Crippen molar-refractivity contribution in [3.05, 3.63) is 88.2 Å². The molecule has 2 aromatic carbocycles. The minimum absolute atomic E-state index is 0.416. The van der Waals surface area contributed by atoms with Crippen molar-refractivity contribution < 1.29 is 0 Å². The predicted molar refractivity (Wildman–Crippen MR) is 139 cm³/mol.